The van der Waals surface area contributed by atoms with Gasteiger partial charge in [-0.25, -0.2) is 0 Å². The minimum absolute atomic E-state index is 0.127. The fourth-order valence-electron chi connectivity index (χ4n) is 5.05. The van der Waals surface area contributed by atoms with Crippen LogP contribution in [-0.2, 0) is 19.3 Å². The second-order valence-electron chi connectivity index (χ2n) is 8.56. The number of nitrogens with zero attached hydrogens (tertiary/aromatic N) is 2. The smallest absolute Gasteiger partial charge is 0.128 e. The van der Waals surface area contributed by atoms with Crippen LogP contribution in [0.1, 0.15) is 55.1 Å². The lowest BCUT2D eigenvalue weighted by Crippen LogP contribution is -2.29. The van der Waals surface area contributed by atoms with Crippen LogP contribution in [0, 0.1) is 0 Å². The van der Waals surface area contributed by atoms with Gasteiger partial charge in [0.25, 0.3) is 0 Å². The molecule has 0 aliphatic heterocycles. The standard InChI is InChI=1S/C28H33ClN2O2/c1-6-18-10-8-11-19(7-2)27(18)23-17-26(33-5)28-22(30-23)12-9-13-24(28)31(3)25-16-20(32-4)14-15-21(25)29/h8,10-11,14-17,24H,6-7,9,12-13H2,1-5H3. The topological polar surface area (TPSA) is 34.6 Å². The molecule has 0 fully saturated rings. The van der Waals surface area contributed by atoms with Crippen molar-refractivity contribution in [3.05, 3.63) is 69.9 Å². The van der Waals surface area contributed by atoms with Crippen molar-refractivity contribution in [2.24, 2.45) is 0 Å². The Balaban J connectivity index is 1.83. The lowest BCUT2D eigenvalue weighted by molar-refractivity contribution is 0.395. The van der Waals surface area contributed by atoms with Gasteiger partial charge in [-0.05, 0) is 55.4 Å². The van der Waals surface area contributed by atoms with Crippen molar-refractivity contribution in [3.8, 4) is 22.8 Å². The Morgan fingerprint density at radius 1 is 1.03 bits per heavy atom. The zero-order chi connectivity index (χ0) is 23.5. The third-order valence-electron chi connectivity index (χ3n) is 6.80. The predicted octanol–water partition coefficient (Wildman–Crippen LogP) is 7.06. The molecule has 1 heterocycles. The minimum atomic E-state index is 0.127. The van der Waals surface area contributed by atoms with Crippen molar-refractivity contribution in [2.75, 3.05) is 26.2 Å². The Morgan fingerprint density at radius 3 is 2.39 bits per heavy atom. The molecule has 1 aliphatic carbocycles. The number of hydrogen-bond acceptors (Lipinski definition) is 4. The average molecular weight is 465 g/mol. The van der Waals surface area contributed by atoms with Gasteiger partial charge in [0, 0.05) is 30.3 Å². The van der Waals surface area contributed by atoms with Crippen LogP contribution >= 0.6 is 11.6 Å². The SMILES string of the molecule is CCc1cccc(CC)c1-c1cc(OC)c2c(n1)CCCC2N(C)c1cc(OC)ccc1Cl. The van der Waals surface area contributed by atoms with Crippen molar-refractivity contribution < 1.29 is 9.47 Å². The molecule has 2 aromatic carbocycles. The van der Waals surface area contributed by atoms with Crippen LogP contribution < -0.4 is 14.4 Å². The van der Waals surface area contributed by atoms with Gasteiger partial charge in [0.2, 0.25) is 0 Å². The van der Waals surface area contributed by atoms with Gasteiger partial charge in [-0.1, -0.05) is 43.6 Å². The molecule has 0 bridgehead atoms. The van der Waals surface area contributed by atoms with Crippen LogP contribution in [-0.4, -0.2) is 26.3 Å². The number of benzene rings is 2. The van der Waals surface area contributed by atoms with Gasteiger partial charge < -0.3 is 14.4 Å². The first-order valence-electron chi connectivity index (χ1n) is 11.8. The molecular formula is C28H33ClN2O2. The zero-order valence-corrected chi connectivity index (χ0v) is 21.0. The van der Waals surface area contributed by atoms with E-state index < -0.39 is 0 Å². The van der Waals surface area contributed by atoms with Crippen LogP contribution in [0.5, 0.6) is 11.5 Å². The molecule has 1 atom stereocenters. The lowest BCUT2D eigenvalue weighted by Gasteiger charge is -2.36. The molecule has 1 aliphatic rings. The highest BCUT2D eigenvalue weighted by atomic mass is 35.5. The third-order valence-corrected chi connectivity index (χ3v) is 7.12. The summed E-state index contributed by atoms with van der Waals surface area (Å²) in [6.45, 7) is 4.41. The van der Waals surface area contributed by atoms with E-state index in [0.717, 1.165) is 60.7 Å². The first-order chi connectivity index (χ1) is 16.0. The van der Waals surface area contributed by atoms with Crippen molar-refractivity contribution in [1.29, 1.82) is 0 Å². The Morgan fingerprint density at radius 2 is 1.76 bits per heavy atom. The van der Waals surface area contributed by atoms with E-state index in [-0.39, 0.29) is 6.04 Å². The normalized spacial score (nSPS) is 15.2. The molecule has 0 N–H and O–H groups in total. The Hall–Kier alpha value is -2.72. The Kier molecular flexibility index (Phi) is 7.14. The van der Waals surface area contributed by atoms with Gasteiger partial charge in [0.05, 0.1) is 42.4 Å². The maximum Gasteiger partial charge on any atom is 0.128 e. The van der Waals surface area contributed by atoms with Crippen LogP contribution in [0.25, 0.3) is 11.3 Å². The van der Waals surface area contributed by atoms with E-state index in [0.29, 0.717) is 5.02 Å². The summed E-state index contributed by atoms with van der Waals surface area (Å²) in [5.41, 5.74) is 8.18. The molecular weight excluding hydrogens is 432 g/mol. The van der Waals surface area contributed by atoms with E-state index in [1.807, 2.05) is 18.2 Å². The summed E-state index contributed by atoms with van der Waals surface area (Å²) in [7, 11) is 5.53. The molecule has 4 nitrogen and oxygen atoms in total. The van der Waals surface area contributed by atoms with Gasteiger partial charge in [0.15, 0.2) is 0 Å². The molecule has 3 aromatic rings. The summed E-state index contributed by atoms with van der Waals surface area (Å²) >= 11 is 6.60. The number of pyridine rings is 1. The molecule has 0 amide bonds. The molecule has 0 saturated carbocycles. The number of hydrogen-bond donors (Lipinski definition) is 0. The summed E-state index contributed by atoms with van der Waals surface area (Å²) in [5.74, 6) is 1.69. The third kappa shape index (κ3) is 4.41. The quantitative estimate of drug-likeness (QED) is 0.375. The number of halogens is 1. The highest BCUT2D eigenvalue weighted by Crippen LogP contribution is 2.44. The highest BCUT2D eigenvalue weighted by Gasteiger charge is 2.30. The summed E-state index contributed by atoms with van der Waals surface area (Å²) < 4.78 is 11.4. The fourth-order valence-corrected chi connectivity index (χ4v) is 5.30. The van der Waals surface area contributed by atoms with Crippen molar-refractivity contribution in [2.45, 2.75) is 52.0 Å². The number of rotatable bonds is 7. The highest BCUT2D eigenvalue weighted by molar-refractivity contribution is 6.33. The van der Waals surface area contributed by atoms with E-state index in [1.54, 1.807) is 14.2 Å². The van der Waals surface area contributed by atoms with E-state index in [9.17, 15) is 0 Å². The van der Waals surface area contributed by atoms with Crippen LogP contribution in [0.2, 0.25) is 5.02 Å². The average Bonchev–Trinajstić information content (AvgIpc) is 2.86. The number of ether oxygens (including phenoxy) is 2. The zero-order valence-electron chi connectivity index (χ0n) is 20.2. The fraction of sp³-hybridized carbons (Fsp3) is 0.393. The first kappa shape index (κ1) is 23.4. The molecule has 5 heteroatoms. The van der Waals surface area contributed by atoms with E-state index in [4.69, 9.17) is 26.1 Å². The minimum Gasteiger partial charge on any atom is -0.497 e. The molecule has 1 unspecified atom stereocenters. The maximum atomic E-state index is 6.60. The number of aryl methyl sites for hydroxylation is 3. The maximum absolute atomic E-state index is 6.60. The molecule has 33 heavy (non-hydrogen) atoms. The summed E-state index contributed by atoms with van der Waals surface area (Å²) in [4.78, 5) is 7.47. The van der Waals surface area contributed by atoms with E-state index in [1.165, 1.54) is 22.3 Å². The van der Waals surface area contributed by atoms with Crippen molar-refractivity contribution in [1.82, 2.24) is 4.98 Å². The van der Waals surface area contributed by atoms with Gasteiger partial charge >= 0.3 is 0 Å². The summed E-state index contributed by atoms with van der Waals surface area (Å²) in [5, 5.41) is 0.707. The second-order valence-corrected chi connectivity index (χ2v) is 8.97. The molecule has 0 saturated heterocycles. The largest absolute Gasteiger partial charge is 0.497 e. The number of fused-ring (bicyclic) bond motifs is 1. The van der Waals surface area contributed by atoms with Crippen molar-refractivity contribution >= 4 is 17.3 Å². The number of aromatic nitrogens is 1. The van der Waals surface area contributed by atoms with Crippen LogP contribution in [0.3, 0.4) is 0 Å². The van der Waals surface area contributed by atoms with Gasteiger partial charge in [-0.2, -0.15) is 0 Å². The molecule has 174 valence electrons. The molecule has 1 aromatic heterocycles. The molecule has 0 radical (unpaired) electrons. The summed E-state index contributed by atoms with van der Waals surface area (Å²) in [6.07, 6.45) is 4.98. The van der Waals surface area contributed by atoms with E-state index >= 15 is 0 Å². The van der Waals surface area contributed by atoms with Gasteiger partial charge in [0.1, 0.15) is 11.5 Å². The van der Waals surface area contributed by atoms with Crippen molar-refractivity contribution in [3.63, 3.8) is 0 Å². The first-order valence-corrected chi connectivity index (χ1v) is 12.1. The van der Waals surface area contributed by atoms with Gasteiger partial charge in [-0.3, -0.25) is 4.98 Å². The van der Waals surface area contributed by atoms with Crippen LogP contribution in [0.15, 0.2) is 42.5 Å². The molecule has 4 rings (SSSR count). The van der Waals surface area contributed by atoms with Gasteiger partial charge in [-0.15, -0.1) is 0 Å². The number of anilines is 1. The number of methoxy groups -OCH3 is 2. The van der Waals surface area contributed by atoms with E-state index in [2.05, 4.69) is 50.1 Å². The second kappa shape index (κ2) is 10.0. The lowest BCUT2D eigenvalue weighted by atomic mass is 9.87. The Bertz CT molecular complexity index is 1110. The van der Waals surface area contributed by atoms with Crippen LogP contribution in [0.4, 0.5) is 5.69 Å². The summed E-state index contributed by atoms with van der Waals surface area (Å²) in [6, 6.07) is 14.6. The predicted molar refractivity (Wildman–Crippen MR) is 137 cm³/mol. The monoisotopic (exact) mass is 464 g/mol. The molecule has 0 spiro atoms. The Labute approximate surface area is 202 Å².